The quantitative estimate of drug-likeness (QED) is 0.750. The van der Waals surface area contributed by atoms with Gasteiger partial charge in [0.25, 0.3) is 5.91 Å². The minimum Gasteiger partial charge on any atom is -0.373 e. The molecule has 0 spiro atoms. The fourth-order valence-corrected chi connectivity index (χ4v) is 2.98. The number of carbonyl (C=O) groups is 1. The molecule has 0 saturated carbocycles. The van der Waals surface area contributed by atoms with Crippen LogP contribution in [0.2, 0.25) is 0 Å². The van der Waals surface area contributed by atoms with Crippen molar-refractivity contribution < 1.29 is 9.53 Å². The van der Waals surface area contributed by atoms with Gasteiger partial charge in [0, 0.05) is 38.3 Å². The molecule has 1 aromatic rings. The highest BCUT2D eigenvalue weighted by molar-refractivity contribution is 5.94. The van der Waals surface area contributed by atoms with E-state index >= 15 is 0 Å². The number of rotatable bonds is 7. The first kappa shape index (κ1) is 17.9. The number of nitrogens with zero attached hydrogens (tertiary/aromatic N) is 1. The lowest BCUT2D eigenvalue weighted by atomic mass is 10.1. The van der Waals surface area contributed by atoms with E-state index in [4.69, 9.17) is 4.74 Å². The molecule has 23 heavy (non-hydrogen) atoms. The first-order valence-corrected chi connectivity index (χ1v) is 8.54. The molecule has 1 heterocycles. The average molecular weight is 319 g/mol. The van der Waals surface area contributed by atoms with Gasteiger partial charge in [-0.3, -0.25) is 9.69 Å². The molecule has 2 N–H and O–H groups in total. The number of carbonyl (C=O) groups excluding carboxylic acids is 1. The number of nitrogens with one attached hydrogen (secondary N) is 2. The van der Waals surface area contributed by atoms with Gasteiger partial charge in [-0.15, -0.1) is 0 Å². The summed E-state index contributed by atoms with van der Waals surface area (Å²) in [6.45, 7) is 11.5. The van der Waals surface area contributed by atoms with Gasteiger partial charge in [-0.25, -0.2) is 0 Å². The number of hydrogen-bond acceptors (Lipinski definition) is 4. The number of likely N-dealkylation sites (N-methyl/N-ethyl adjacent to an activating group) is 1. The molecule has 0 aromatic heterocycles. The third-order valence-electron chi connectivity index (χ3n) is 3.95. The monoisotopic (exact) mass is 319 g/mol. The molecular weight excluding hydrogens is 290 g/mol. The first-order valence-electron chi connectivity index (χ1n) is 8.54. The zero-order valence-corrected chi connectivity index (χ0v) is 14.5. The maximum absolute atomic E-state index is 12.0. The van der Waals surface area contributed by atoms with Gasteiger partial charge in [0.1, 0.15) is 0 Å². The summed E-state index contributed by atoms with van der Waals surface area (Å²) in [5.74, 6) is -0.0110. The molecule has 1 fully saturated rings. The van der Waals surface area contributed by atoms with Crippen LogP contribution >= 0.6 is 0 Å². The Kier molecular flexibility index (Phi) is 7.02. The number of ether oxygens (including phenoxy) is 1. The number of benzene rings is 1. The van der Waals surface area contributed by atoms with Crippen LogP contribution in [0.3, 0.4) is 0 Å². The summed E-state index contributed by atoms with van der Waals surface area (Å²) in [5.41, 5.74) is 1.95. The molecular formula is C18H29N3O2. The van der Waals surface area contributed by atoms with Crippen LogP contribution in [0.25, 0.3) is 0 Å². The van der Waals surface area contributed by atoms with Crippen LogP contribution in [-0.4, -0.2) is 55.7 Å². The van der Waals surface area contributed by atoms with Crippen LogP contribution in [0, 0.1) is 0 Å². The van der Waals surface area contributed by atoms with Crippen molar-refractivity contribution in [2.24, 2.45) is 0 Å². The van der Waals surface area contributed by atoms with Gasteiger partial charge in [0.15, 0.2) is 0 Å². The summed E-state index contributed by atoms with van der Waals surface area (Å²) in [7, 11) is 0. The van der Waals surface area contributed by atoms with Crippen LogP contribution < -0.4 is 10.6 Å². The Labute approximate surface area is 139 Å². The van der Waals surface area contributed by atoms with E-state index in [0.29, 0.717) is 12.1 Å². The summed E-state index contributed by atoms with van der Waals surface area (Å²) in [5, 5.41) is 6.10. The van der Waals surface area contributed by atoms with E-state index in [1.165, 1.54) is 5.56 Å². The topological polar surface area (TPSA) is 53.6 Å². The van der Waals surface area contributed by atoms with E-state index in [1.807, 2.05) is 24.3 Å². The molecule has 5 heteroatoms. The second-order valence-electron chi connectivity index (χ2n) is 6.26. The minimum absolute atomic E-state index is 0.0110. The Bertz CT molecular complexity index is 480. The Morgan fingerprint density at radius 1 is 1.17 bits per heavy atom. The highest BCUT2D eigenvalue weighted by Gasteiger charge is 2.21. The van der Waals surface area contributed by atoms with Gasteiger partial charge in [-0.05, 0) is 38.1 Å². The van der Waals surface area contributed by atoms with Crippen molar-refractivity contribution in [3.05, 3.63) is 35.4 Å². The predicted octanol–water partition coefficient (Wildman–Crippen LogP) is 1.64. The Hall–Kier alpha value is -1.43. The Balaban J connectivity index is 1.83. The highest BCUT2D eigenvalue weighted by atomic mass is 16.5. The largest absolute Gasteiger partial charge is 0.373 e. The lowest BCUT2D eigenvalue weighted by molar-refractivity contribution is -0.0704. The van der Waals surface area contributed by atoms with Gasteiger partial charge in [-0.1, -0.05) is 19.1 Å². The summed E-state index contributed by atoms with van der Waals surface area (Å²) >= 11 is 0. The van der Waals surface area contributed by atoms with E-state index in [0.717, 1.165) is 32.7 Å². The van der Waals surface area contributed by atoms with E-state index < -0.39 is 0 Å². The number of morpholine rings is 1. The molecule has 2 rings (SSSR count). The Morgan fingerprint density at radius 2 is 1.83 bits per heavy atom. The van der Waals surface area contributed by atoms with E-state index in [2.05, 4.69) is 36.3 Å². The minimum atomic E-state index is -0.0110. The molecule has 1 amide bonds. The van der Waals surface area contributed by atoms with Crippen LogP contribution in [0.4, 0.5) is 0 Å². The van der Waals surface area contributed by atoms with Crippen LogP contribution in [0.5, 0.6) is 0 Å². The SMILES string of the molecule is CCNCCNC(=O)c1ccc(CN2CC(C)OC(C)C2)cc1. The van der Waals surface area contributed by atoms with Gasteiger partial charge < -0.3 is 15.4 Å². The second kappa shape index (κ2) is 9.01. The summed E-state index contributed by atoms with van der Waals surface area (Å²) in [6.07, 6.45) is 0.557. The van der Waals surface area contributed by atoms with Crippen molar-refractivity contribution in [3.8, 4) is 0 Å². The molecule has 1 aliphatic rings. The van der Waals surface area contributed by atoms with Gasteiger partial charge in [-0.2, -0.15) is 0 Å². The van der Waals surface area contributed by atoms with E-state index in [-0.39, 0.29) is 18.1 Å². The fraction of sp³-hybridized carbons (Fsp3) is 0.611. The summed E-state index contributed by atoms with van der Waals surface area (Å²) < 4.78 is 5.76. The number of amides is 1. The van der Waals surface area contributed by atoms with Crippen molar-refractivity contribution in [1.29, 1.82) is 0 Å². The smallest absolute Gasteiger partial charge is 0.251 e. The maximum atomic E-state index is 12.0. The lowest BCUT2D eigenvalue weighted by Crippen LogP contribution is -2.44. The van der Waals surface area contributed by atoms with Crippen molar-refractivity contribution >= 4 is 5.91 Å². The maximum Gasteiger partial charge on any atom is 0.251 e. The molecule has 0 aliphatic carbocycles. The predicted molar refractivity (Wildman–Crippen MR) is 92.6 cm³/mol. The summed E-state index contributed by atoms with van der Waals surface area (Å²) in [4.78, 5) is 14.4. The van der Waals surface area contributed by atoms with Crippen molar-refractivity contribution in [2.45, 2.75) is 39.5 Å². The van der Waals surface area contributed by atoms with Crippen LogP contribution in [0.1, 0.15) is 36.7 Å². The summed E-state index contributed by atoms with van der Waals surface area (Å²) in [6, 6.07) is 7.91. The van der Waals surface area contributed by atoms with Gasteiger partial charge >= 0.3 is 0 Å². The molecule has 128 valence electrons. The second-order valence-corrected chi connectivity index (χ2v) is 6.26. The first-order chi connectivity index (χ1) is 11.1. The third-order valence-corrected chi connectivity index (χ3v) is 3.95. The molecule has 5 nitrogen and oxygen atoms in total. The van der Waals surface area contributed by atoms with Crippen molar-refractivity contribution in [2.75, 3.05) is 32.7 Å². The molecule has 1 aliphatic heterocycles. The van der Waals surface area contributed by atoms with E-state index in [1.54, 1.807) is 0 Å². The fourth-order valence-electron chi connectivity index (χ4n) is 2.98. The zero-order chi connectivity index (χ0) is 16.7. The van der Waals surface area contributed by atoms with E-state index in [9.17, 15) is 4.79 Å². The lowest BCUT2D eigenvalue weighted by Gasteiger charge is -2.35. The third kappa shape index (κ3) is 5.94. The van der Waals surface area contributed by atoms with Crippen LogP contribution in [0.15, 0.2) is 24.3 Å². The van der Waals surface area contributed by atoms with Crippen molar-refractivity contribution in [1.82, 2.24) is 15.5 Å². The average Bonchev–Trinajstić information content (AvgIpc) is 2.51. The van der Waals surface area contributed by atoms with Crippen LogP contribution in [-0.2, 0) is 11.3 Å². The number of hydrogen-bond donors (Lipinski definition) is 2. The molecule has 2 atom stereocenters. The molecule has 0 bridgehead atoms. The zero-order valence-electron chi connectivity index (χ0n) is 14.5. The normalized spacial score (nSPS) is 22.0. The highest BCUT2D eigenvalue weighted by Crippen LogP contribution is 2.14. The van der Waals surface area contributed by atoms with Gasteiger partial charge in [0.05, 0.1) is 12.2 Å². The molecule has 0 radical (unpaired) electrons. The molecule has 1 aromatic carbocycles. The molecule has 2 unspecified atom stereocenters. The molecule has 1 saturated heterocycles. The van der Waals surface area contributed by atoms with Gasteiger partial charge in [0.2, 0.25) is 0 Å². The standard InChI is InChI=1S/C18H29N3O2/c1-4-19-9-10-20-18(22)17-7-5-16(6-8-17)13-21-11-14(2)23-15(3)12-21/h5-8,14-15,19H,4,9-13H2,1-3H3,(H,20,22). The Morgan fingerprint density at radius 3 is 2.43 bits per heavy atom. The van der Waals surface area contributed by atoms with Crippen molar-refractivity contribution in [3.63, 3.8) is 0 Å².